The number of rotatable bonds is 4. The number of benzene rings is 2. The van der Waals surface area contributed by atoms with Crippen LogP contribution in [0.4, 0.5) is 17.2 Å². The molecule has 0 spiro atoms. The predicted octanol–water partition coefficient (Wildman–Crippen LogP) is 4.83. The molecule has 6 nitrogen and oxygen atoms in total. The van der Waals surface area contributed by atoms with Crippen molar-refractivity contribution in [2.75, 3.05) is 30.5 Å². The Morgan fingerprint density at radius 1 is 1.24 bits per heavy atom. The number of aromatic nitrogens is 1. The van der Waals surface area contributed by atoms with Gasteiger partial charge in [0.25, 0.3) is 5.91 Å². The van der Waals surface area contributed by atoms with Gasteiger partial charge < -0.3 is 19.7 Å². The molecule has 0 fully saturated rings. The molecule has 4 rings (SSSR count). The van der Waals surface area contributed by atoms with E-state index in [0.717, 1.165) is 17.1 Å². The van der Waals surface area contributed by atoms with E-state index in [-0.39, 0.29) is 5.91 Å². The molecule has 0 saturated heterocycles. The Labute approximate surface area is 174 Å². The van der Waals surface area contributed by atoms with Crippen molar-refractivity contribution >= 4 is 34.7 Å². The van der Waals surface area contributed by atoms with Crippen molar-refractivity contribution < 1.29 is 14.3 Å². The third-order valence-electron chi connectivity index (χ3n) is 4.67. The number of nitrogens with one attached hydrogen (secondary N) is 1. The van der Waals surface area contributed by atoms with Crippen LogP contribution in [0.1, 0.15) is 15.9 Å². The summed E-state index contributed by atoms with van der Waals surface area (Å²) in [7, 11) is 1.53. The van der Waals surface area contributed by atoms with Crippen LogP contribution in [0.2, 0.25) is 5.02 Å². The average molecular weight is 410 g/mol. The van der Waals surface area contributed by atoms with Gasteiger partial charge in [-0.05, 0) is 42.8 Å². The van der Waals surface area contributed by atoms with Crippen LogP contribution in [0.15, 0.2) is 54.7 Å². The summed E-state index contributed by atoms with van der Waals surface area (Å²) in [5.74, 6) is 1.58. The molecule has 148 valence electrons. The summed E-state index contributed by atoms with van der Waals surface area (Å²) < 4.78 is 11.1. The molecule has 1 aliphatic heterocycles. The molecule has 2 aromatic carbocycles. The van der Waals surface area contributed by atoms with Gasteiger partial charge in [-0.1, -0.05) is 23.7 Å². The van der Waals surface area contributed by atoms with Crippen LogP contribution in [-0.2, 0) is 0 Å². The Morgan fingerprint density at radius 3 is 2.86 bits per heavy atom. The quantitative estimate of drug-likeness (QED) is 0.668. The average Bonchev–Trinajstić information content (AvgIpc) is 2.74. The van der Waals surface area contributed by atoms with Crippen molar-refractivity contribution in [2.24, 2.45) is 0 Å². The summed E-state index contributed by atoms with van der Waals surface area (Å²) in [6.45, 7) is 3.11. The first-order valence-electron chi connectivity index (χ1n) is 9.17. The van der Waals surface area contributed by atoms with Crippen molar-refractivity contribution in [3.63, 3.8) is 0 Å². The molecule has 0 atom stereocenters. The maximum absolute atomic E-state index is 13.0. The normalized spacial score (nSPS) is 12.7. The number of aryl methyl sites for hydroxylation is 1. The lowest BCUT2D eigenvalue weighted by Crippen LogP contribution is -2.30. The van der Waals surface area contributed by atoms with Gasteiger partial charge >= 0.3 is 0 Å². The highest BCUT2D eigenvalue weighted by Gasteiger charge is 2.25. The van der Waals surface area contributed by atoms with E-state index in [4.69, 9.17) is 21.1 Å². The molecule has 2 heterocycles. The number of hydrogen-bond donors (Lipinski definition) is 1. The molecule has 7 heteroatoms. The first-order valence-corrected chi connectivity index (χ1v) is 9.55. The number of hydrogen-bond acceptors (Lipinski definition) is 5. The monoisotopic (exact) mass is 409 g/mol. The number of pyridine rings is 1. The Hall–Kier alpha value is -3.25. The van der Waals surface area contributed by atoms with Crippen LogP contribution in [-0.4, -0.2) is 31.2 Å². The molecule has 0 aliphatic carbocycles. The van der Waals surface area contributed by atoms with Gasteiger partial charge in [-0.15, -0.1) is 0 Å². The Kier molecular flexibility index (Phi) is 5.27. The number of halogens is 1. The van der Waals surface area contributed by atoms with Gasteiger partial charge in [-0.3, -0.25) is 4.79 Å². The van der Waals surface area contributed by atoms with E-state index in [1.165, 1.54) is 7.11 Å². The molecule has 3 aromatic rings. The van der Waals surface area contributed by atoms with E-state index in [1.54, 1.807) is 24.3 Å². The highest BCUT2D eigenvalue weighted by atomic mass is 35.5. The molecular formula is C22H20ClN3O3. The topological polar surface area (TPSA) is 63.7 Å². The van der Waals surface area contributed by atoms with Crippen molar-refractivity contribution in [3.8, 4) is 11.5 Å². The van der Waals surface area contributed by atoms with Crippen molar-refractivity contribution in [3.05, 3.63) is 70.9 Å². The van der Waals surface area contributed by atoms with E-state index < -0.39 is 0 Å². The van der Waals surface area contributed by atoms with E-state index in [0.29, 0.717) is 40.9 Å². The molecule has 1 amide bonds. The largest absolute Gasteiger partial charge is 0.495 e. The van der Waals surface area contributed by atoms with Crippen molar-refractivity contribution in [1.29, 1.82) is 0 Å². The molecule has 0 saturated carbocycles. The molecule has 1 aromatic heterocycles. The number of nitrogens with zero attached hydrogens (tertiary/aromatic N) is 2. The van der Waals surface area contributed by atoms with Gasteiger partial charge in [0.05, 0.1) is 29.9 Å². The van der Waals surface area contributed by atoms with Crippen LogP contribution in [0.25, 0.3) is 0 Å². The fourth-order valence-corrected chi connectivity index (χ4v) is 3.42. The van der Waals surface area contributed by atoms with Gasteiger partial charge in [-0.2, -0.15) is 0 Å². The second-order valence-electron chi connectivity index (χ2n) is 6.65. The molecular weight excluding hydrogens is 390 g/mol. The van der Waals surface area contributed by atoms with Crippen LogP contribution >= 0.6 is 11.6 Å². The van der Waals surface area contributed by atoms with Crippen molar-refractivity contribution in [2.45, 2.75) is 6.92 Å². The number of carbonyl (C=O) groups excluding carboxylic acids is 1. The van der Waals surface area contributed by atoms with Gasteiger partial charge in [0.2, 0.25) is 0 Å². The molecule has 1 aliphatic rings. The lowest BCUT2D eigenvalue weighted by Gasteiger charge is -2.31. The fraction of sp³-hybridized carbons (Fsp3) is 0.182. The van der Waals surface area contributed by atoms with Crippen LogP contribution in [0.5, 0.6) is 11.5 Å². The summed E-state index contributed by atoms with van der Waals surface area (Å²) in [6, 6.07) is 14.6. The summed E-state index contributed by atoms with van der Waals surface area (Å²) in [5, 5.41) is 3.36. The number of anilines is 3. The van der Waals surface area contributed by atoms with Gasteiger partial charge in [-0.25, -0.2) is 4.98 Å². The zero-order chi connectivity index (χ0) is 20.4. The van der Waals surface area contributed by atoms with Gasteiger partial charge in [0.15, 0.2) is 5.75 Å². The molecule has 0 radical (unpaired) electrons. The van der Waals surface area contributed by atoms with Crippen molar-refractivity contribution in [1.82, 2.24) is 4.98 Å². The van der Waals surface area contributed by atoms with E-state index in [9.17, 15) is 4.79 Å². The third kappa shape index (κ3) is 3.84. The maximum Gasteiger partial charge on any atom is 0.259 e. The standard InChI is InChI=1S/C22H20ClN3O3/c1-14-6-9-20(24-13-14)26-10-11-29-21-16(4-3-5-18(21)26)22(27)25-15-7-8-17(23)19(12-15)28-2/h3-9,12-13H,10-11H2,1-2H3,(H,25,27). The number of methoxy groups -OCH3 is 1. The lowest BCUT2D eigenvalue weighted by molar-refractivity contribution is 0.102. The van der Waals surface area contributed by atoms with Gasteiger partial charge in [0, 0.05) is 18.0 Å². The highest BCUT2D eigenvalue weighted by Crippen LogP contribution is 2.39. The summed E-state index contributed by atoms with van der Waals surface area (Å²) in [5.41, 5.74) is 2.94. The Morgan fingerprint density at radius 2 is 2.10 bits per heavy atom. The second-order valence-corrected chi connectivity index (χ2v) is 7.06. The summed E-state index contributed by atoms with van der Waals surface area (Å²) in [6.07, 6.45) is 1.83. The zero-order valence-corrected chi connectivity index (χ0v) is 16.9. The Balaban J connectivity index is 1.65. The lowest BCUT2D eigenvalue weighted by atomic mass is 10.1. The first-order chi connectivity index (χ1) is 14.1. The SMILES string of the molecule is COc1cc(NC(=O)c2cccc3c2OCCN3c2ccc(C)cn2)ccc1Cl. The minimum atomic E-state index is -0.273. The molecule has 29 heavy (non-hydrogen) atoms. The molecule has 0 unspecified atom stereocenters. The van der Waals surface area contributed by atoms with Crippen LogP contribution < -0.4 is 19.7 Å². The maximum atomic E-state index is 13.0. The minimum absolute atomic E-state index is 0.273. The fourth-order valence-electron chi connectivity index (χ4n) is 3.22. The van der Waals surface area contributed by atoms with Gasteiger partial charge in [0.1, 0.15) is 18.2 Å². The van der Waals surface area contributed by atoms with Crippen LogP contribution in [0.3, 0.4) is 0 Å². The highest BCUT2D eigenvalue weighted by molar-refractivity contribution is 6.32. The number of ether oxygens (including phenoxy) is 2. The first kappa shape index (κ1) is 19.1. The minimum Gasteiger partial charge on any atom is -0.495 e. The second kappa shape index (κ2) is 8.01. The number of para-hydroxylation sites is 1. The third-order valence-corrected chi connectivity index (χ3v) is 4.98. The van der Waals surface area contributed by atoms with E-state index in [1.807, 2.05) is 37.4 Å². The zero-order valence-electron chi connectivity index (χ0n) is 16.1. The molecule has 0 bridgehead atoms. The van der Waals surface area contributed by atoms with E-state index in [2.05, 4.69) is 15.2 Å². The number of amides is 1. The summed E-state index contributed by atoms with van der Waals surface area (Å²) in [4.78, 5) is 19.5. The van der Waals surface area contributed by atoms with E-state index >= 15 is 0 Å². The smallest absolute Gasteiger partial charge is 0.259 e. The predicted molar refractivity (Wildman–Crippen MR) is 114 cm³/mol. The number of fused-ring (bicyclic) bond motifs is 1. The Bertz CT molecular complexity index is 1050. The number of carbonyl (C=O) groups is 1. The van der Waals surface area contributed by atoms with Crippen LogP contribution in [0, 0.1) is 6.92 Å². The molecule has 1 N–H and O–H groups in total. The summed E-state index contributed by atoms with van der Waals surface area (Å²) >= 11 is 6.06.